The lowest BCUT2D eigenvalue weighted by Crippen LogP contribution is -2.38. The zero-order valence-electron chi connectivity index (χ0n) is 12.0. The molecule has 0 spiro atoms. The smallest absolute Gasteiger partial charge is 0.216 e. The highest BCUT2D eigenvalue weighted by atomic mass is 32.2. The summed E-state index contributed by atoms with van der Waals surface area (Å²) in [6, 6.07) is 7.56. The molecule has 4 nitrogen and oxygen atoms in total. The maximum atomic E-state index is 12.2. The number of hydrogen-bond donors (Lipinski definition) is 2. The summed E-state index contributed by atoms with van der Waals surface area (Å²) >= 11 is 0. The van der Waals surface area contributed by atoms with Gasteiger partial charge in [-0.15, -0.1) is 0 Å². The zero-order valence-corrected chi connectivity index (χ0v) is 12.8. The van der Waals surface area contributed by atoms with E-state index >= 15 is 0 Å². The predicted octanol–water partition coefficient (Wildman–Crippen LogP) is 2.14. The van der Waals surface area contributed by atoms with E-state index in [0.717, 1.165) is 30.4 Å². The van der Waals surface area contributed by atoms with Gasteiger partial charge in [0.15, 0.2) is 0 Å². The molecule has 0 aliphatic heterocycles. The second-order valence-electron chi connectivity index (χ2n) is 5.87. The van der Waals surface area contributed by atoms with Gasteiger partial charge in [0.2, 0.25) is 10.0 Å². The van der Waals surface area contributed by atoms with Crippen molar-refractivity contribution in [2.24, 2.45) is 11.7 Å². The molecule has 2 rings (SSSR count). The van der Waals surface area contributed by atoms with E-state index in [1.54, 1.807) is 0 Å². The van der Waals surface area contributed by atoms with Crippen molar-refractivity contribution in [1.29, 1.82) is 0 Å². The summed E-state index contributed by atoms with van der Waals surface area (Å²) in [4.78, 5) is 0. The van der Waals surface area contributed by atoms with Crippen LogP contribution in [0.2, 0.25) is 0 Å². The van der Waals surface area contributed by atoms with Gasteiger partial charge in [-0.1, -0.05) is 44.0 Å². The third-order valence-corrected chi connectivity index (χ3v) is 5.27. The van der Waals surface area contributed by atoms with Crippen LogP contribution in [0.1, 0.15) is 43.7 Å². The molecule has 0 bridgehead atoms. The van der Waals surface area contributed by atoms with E-state index in [-0.39, 0.29) is 11.8 Å². The van der Waals surface area contributed by atoms with Crippen LogP contribution in [0, 0.1) is 5.92 Å². The van der Waals surface area contributed by atoms with Crippen LogP contribution >= 0.6 is 0 Å². The topological polar surface area (TPSA) is 72.2 Å². The quantitative estimate of drug-likeness (QED) is 0.874. The highest BCUT2D eigenvalue weighted by Crippen LogP contribution is 2.24. The number of nitrogens with two attached hydrogens (primary N) is 1. The Labute approximate surface area is 121 Å². The average Bonchev–Trinajstić information content (AvgIpc) is 2.37. The molecule has 0 saturated heterocycles. The van der Waals surface area contributed by atoms with Crippen molar-refractivity contribution < 1.29 is 8.42 Å². The van der Waals surface area contributed by atoms with Gasteiger partial charge in [-0.3, -0.25) is 0 Å². The first-order chi connectivity index (χ1) is 9.48. The van der Waals surface area contributed by atoms with Gasteiger partial charge < -0.3 is 5.73 Å². The van der Waals surface area contributed by atoms with E-state index in [0.29, 0.717) is 12.5 Å². The van der Waals surface area contributed by atoms with Crippen LogP contribution in [0.4, 0.5) is 0 Å². The number of benzene rings is 1. The highest BCUT2D eigenvalue weighted by Gasteiger charge is 2.23. The van der Waals surface area contributed by atoms with E-state index in [9.17, 15) is 8.42 Å². The first-order valence-electron chi connectivity index (χ1n) is 7.26. The van der Waals surface area contributed by atoms with Crippen LogP contribution in [0.15, 0.2) is 24.3 Å². The molecule has 1 saturated carbocycles. The molecule has 1 fully saturated rings. The van der Waals surface area contributed by atoms with Crippen LogP contribution < -0.4 is 10.5 Å². The van der Waals surface area contributed by atoms with Crippen molar-refractivity contribution in [2.45, 2.75) is 50.9 Å². The molecule has 1 aliphatic carbocycles. The van der Waals surface area contributed by atoms with Gasteiger partial charge in [-0.2, -0.15) is 0 Å². The number of hydrogen-bond acceptors (Lipinski definition) is 3. The first-order valence-corrected chi connectivity index (χ1v) is 8.91. The van der Waals surface area contributed by atoms with Crippen LogP contribution in [0.3, 0.4) is 0 Å². The Balaban J connectivity index is 1.99. The summed E-state index contributed by atoms with van der Waals surface area (Å²) in [7, 11) is -3.27. The monoisotopic (exact) mass is 296 g/mol. The van der Waals surface area contributed by atoms with Gasteiger partial charge >= 0.3 is 0 Å². The highest BCUT2D eigenvalue weighted by molar-refractivity contribution is 7.88. The molecule has 112 valence electrons. The molecular formula is C15H24N2O2S. The van der Waals surface area contributed by atoms with E-state index in [2.05, 4.69) is 11.6 Å². The molecule has 0 radical (unpaired) electrons. The number of sulfonamides is 1. The van der Waals surface area contributed by atoms with Crippen LogP contribution in [-0.2, 0) is 22.3 Å². The van der Waals surface area contributed by atoms with Gasteiger partial charge in [0.05, 0.1) is 5.75 Å². The first kappa shape index (κ1) is 15.5. The fourth-order valence-electron chi connectivity index (χ4n) is 2.90. The fourth-order valence-corrected chi connectivity index (χ4v) is 4.33. The normalized spacial score (nSPS) is 23.7. The number of rotatable bonds is 5. The van der Waals surface area contributed by atoms with Crippen molar-refractivity contribution in [2.75, 3.05) is 0 Å². The molecule has 5 heteroatoms. The van der Waals surface area contributed by atoms with E-state index in [1.165, 1.54) is 6.42 Å². The van der Waals surface area contributed by atoms with E-state index < -0.39 is 10.0 Å². The van der Waals surface area contributed by atoms with Crippen LogP contribution in [0.5, 0.6) is 0 Å². The molecule has 0 amide bonds. The minimum absolute atomic E-state index is 0.0335. The Bertz CT molecular complexity index is 543. The minimum Gasteiger partial charge on any atom is -0.326 e. The maximum absolute atomic E-state index is 12.2. The molecule has 0 heterocycles. The summed E-state index contributed by atoms with van der Waals surface area (Å²) in [5, 5.41) is 0. The fraction of sp³-hybridized carbons (Fsp3) is 0.600. The van der Waals surface area contributed by atoms with Crippen molar-refractivity contribution in [1.82, 2.24) is 4.72 Å². The van der Waals surface area contributed by atoms with Crippen molar-refractivity contribution in [3.63, 3.8) is 0 Å². The molecule has 20 heavy (non-hydrogen) atoms. The third kappa shape index (κ3) is 4.58. The standard InChI is InChI=1S/C15H24N2O2S/c1-12-4-2-7-15(8-12)17-20(18,19)11-14-6-3-5-13(9-14)10-16/h3,5-6,9,12,15,17H,2,4,7-8,10-11,16H2,1H3. The van der Waals surface area contributed by atoms with Gasteiger partial charge in [-0.25, -0.2) is 13.1 Å². The lowest BCUT2D eigenvalue weighted by Gasteiger charge is -2.27. The Morgan fingerprint density at radius 1 is 1.30 bits per heavy atom. The molecular weight excluding hydrogens is 272 g/mol. The van der Waals surface area contributed by atoms with Crippen molar-refractivity contribution in [3.8, 4) is 0 Å². The van der Waals surface area contributed by atoms with Crippen molar-refractivity contribution >= 4 is 10.0 Å². The SMILES string of the molecule is CC1CCCC(NS(=O)(=O)Cc2cccc(CN)c2)C1. The average molecular weight is 296 g/mol. The Kier molecular flexibility index (Phi) is 5.18. The molecule has 1 aromatic carbocycles. The Morgan fingerprint density at radius 3 is 2.75 bits per heavy atom. The summed E-state index contributed by atoms with van der Waals surface area (Å²) in [6.45, 7) is 2.62. The summed E-state index contributed by atoms with van der Waals surface area (Å²) in [5.74, 6) is 0.642. The summed E-state index contributed by atoms with van der Waals surface area (Å²) in [5.41, 5.74) is 7.34. The molecule has 3 N–H and O–H groups in total. The lowest BCUT2D eigenvalue weighted by molar-refractivity contribution is 0.327. The summed E-state index contributed by atoms with van der Waals surface area (Å²) < 4.78 is 27.3. The molecule has 2 atom stereocenters. The Hall–Kier alpha value is -0.910. The molecule has 1 aromatic rings. The van der Waals surface area contributed by atoms with Crippen LogP contribution in [0.25, 0.3) is 0 Å². The number of nitrogens with one attached hydrogen (secondary N) is 1. The van der Waals surface area contributed by atoms with Gasteiger partial charge in [0.25, 0.3) is 0 Å². The maximum Gasteiger partial charge on any atom is 0.216 e. The third-order valence-electron chi connectivity index (χ3n) is 3.87. The Morgan fingerprint density at radius 2 is 2.05 bits per heavy atom. The van der Waals surface area contributed by atoms with Gasteiger partial charge in [0, 0.05) is 12.6 Å². The minimum atomic E-state index is -3.27. The van der Waals surface area contributed by atoms with Gasteiger partial charge in [-0.05, 0) is 29.9 Å². The second-order valence-corrected chi connectivity index (χ2v) is 7.62. The molecule has 1 aliphatic rings. The lowest BCUT2D eigenvalue weighted by atomic mass is 9.88. The largest absolute Gasteiger partial charge is 0.326 e. The second kappa shape index (κ2) is 6.70. The molecule has 2 unspecified atom stereocenters. The van der Waals surface area contributed by atoms with Gasteiger partial charge in [0.1, 0.15) is 0 Å². The van der Waals surface area contributed by atoms with E-state index in [4.69, 9.17) is 5.73 Å². The molecule has 0 aromatic heterocycles. The van der Waals surface area contributed by atoms with Crippen molar-refractivity contribution in [3.05, 3.63) is 35.4 Å². The summed E-state index contributed by atoms with van der Waals surface area (Å²) in [6.07, 6.45) is 4.21. The predicted molar refractivity (Wildman–Crippen MR) is 81.5 cm³/mol. The van der Waals surface area contributed by atoms with E-state index in [1.807, 2.05) is 24.3 Å². The van der Waals surface area contributed by atoms with Crippen LogP contribution in [-0.4, -0.2) is 14.5 Å². The zero-order chi connectivity index (χ0) is 14.6.